The van der Waals surface area contributed by atoms with Crippen molar-refractivity contribution in [3.05, 3.63) is 45.9 Å². The van der Waals surface area contributed by atoms with Gasteiger partial charge in [-0.15, -0.1) is 0 Å². The Morgan fingerprint density at radius 3 is 3.03 bits per heavy atom. The maximum Gasteiger partial charge on any atom is 0.278 e. The number of amides is 1. The van der Waals surface area contributed by atoms with Crippen LogP contribution in [0.25, 0.3) is 16.7 Å². The first kappa shape index (κ1) is 20.2. The van der Waals surface area contributed by atoms with E-state index >= 15 is 0 Å². The highest BCUT2D eigenvalue weighted by Crippen LogP contribution is 2.16. The van der Waals surface area contributed by atoms with Crippen molar-refractivity contribution in [3.8, 4) is 0 Å². The standard InChI is InChI=1S/C21H25N5O4/c1-13-5-6-17-24-19-16(21(28)26(17)12-13)10-15(18(22)25(19)7-9-29-2)20(27)23-11-14-4-3-8-30-14/h5-6,10,12,14,22H,3-4,7-9,11H2,1-2H3,(H,23,27)/p+1/t14-/m1/s1. The summed E-state index contributed by atoms with van der Waals surface area (Å²) in [6.45, 7) is 3.75. The zero-order valence-electron chi connectivity index (χ0n) is 17.2. The number of pyridine rings is 2. The van der Waals surface area contributed by atoms with Gasteiger partial charge in [-0.25, -0.2) is 4.57 Å². The highest BCUT2D eigenvalue weighted by Gasteiger charge is 2.25. The quantitative estimate of drug-likeness (QED) is 0.453. The third-order valence-electron chi connectivity index (χ3n) is 5.37. The van der Waals surface area contributed by atoms with Gasteiger partial charge in [0.1, 0.15) is 10.9 Å². The largest absolute Gasteiger partial charge is 0.381 e. The van der Waals surface area contributed by atoms with E-state index < -0.39 is 0 Å². The summed E-state index contributed by atoms with van der Waals surface area (Å²) in [7, 11) is 1.58. The van der Waals surface area contributed by atoms with E-state index in [1.165, 1.54) is 10.5 Å². The summed E-state index contributed by atoms with van der Waals surface area (Å²) in [5, 5.41) is 3.20. The molecule has 1 atom stereocenters. The number of aromatic nitrogens is 3. The molecule has 1 fully saturated rings. The number of rotatable bonds is 6. The van der Waals surface area contributed by atoms with E-state index in [1.54, 1.807) is 23.9 Å². The van der Waals surface area contributed by atoms with Crippen LogP contribution >= 0.6 is 0 Å². The van der Waals surface area contributed by atoms with Crippen molar-refractivity contribution in [2.24, 2.45) is 0 Å². The monoisotopic (exact) mass is 412 g/mol. The maximum absolute atomic E-state index is 13.2. The van der Waals surface area contributed by atoms with Gasteiger partial charge in [0.05, 0.1) is 19.3 Å². The van der Waals surface area contributed by atoms with Crippen molar-refractivity contribution < 1.29 is 18.8 Å². The fourth-order valence-corrected chi connectivity index (χ4v) is 3.75. The zero-order valence-corrected chi connectivity index (χ0v) is 17.2. The smallest absolute Gasteiger partial charge is 0.278 e. The van der Waals surface area contributed by atoms with E-state index in [0.717, 1.165) is 18.4 Å². The summed E-state index contributed by atoms with van der Waals surface area (Å²) in [5.74, 6) is -0.0995. The summed E-state index contributed by atoms with van der Waals surface area (Å²) in [5.41, 5.74) is 8.22. The van der Waals surface area contributed by atoms with E-state index in [4.69, 9.17) is 15.2 Å². The molecule has 30 heavy (non-hydrogen) atoms. The van der Waals surface area contributed by atoms with Crippen LogP contribution in [0.3, 0.4) is 0 Å². The number of nitrogens with zero attached hydrogens (tertiary/aromatic N) is 3. The van der Waals surface area contributed by atoms with Crippen molar-refractivity contribution in [3.63, 3.8) is 0 Å². The Labute approximate surface area is 173 Å². The highest BCUT2D eigenvalue weighted by molar-refractivity contribution is 6.00. The van der Waals surface area contributed by atoms with Gasteiger partial charge in [0.25, 0.3) is 17.1 Å². The van der Waals surface area contributed by atoms with E-state index in [-0.39, 0.29) is 29.0 Å². The number of ether oxygens (including phenoxy) is 2. The van der Waals surface area contributed by atoms with Gasteiger partial charge >= 0.3 is 0 Å². The van der Waals surface area contributed by atoms with Crippen LogP contribution in [0.4, 0.5) is 5.82 Å². The van der Waals surface area contributed by atoms with Gasteiger partial charge in [0.2, 0.25) is 11.5 Å². The number of hydrogen-bond acceptors (Lipinski definition) is 6. The number of carbonyl (C=O) groups excluding carboxylic acids is 1. The van der Waals surface area contributed by atoms with Crippen LogP contribution in [-0.2, 0) is 16.0 Å². The molecule has 0 unspecified atom stereocenters. The molecule has 158 valence electrons. The van der Waals surface area contributed by atoms with Gasteiger partial charge in [-0.1, -0.05) is 11.1 Å². The lowest BCUT2D eigenvalue weighted by Gasteiger charge is -2.14. The van der Waals surface area contributed by atoms with Gasteiger partial charge in [0.15, 0.2) is 0 Å². The average molecular weight is 412 g/mol. The molecule has 0 aliphatic carbocycles. The first-order valence-electron chi connectivity index (χ1n) is 10.0. The van der Waals surface area contributed by atoms with Crippen molar-refractivity contribution in [1.29, 1.82) is 0 Å². The minimum Gasteiger partial charge on any atom is -0.381 e. The molecule has 9 heteroatoms. The Hall–Kier alpha value is -3.04. The highest BCUT2D eigenvalue weighted by atomic mass is 16.5. The van der Waals surface area contributed by atoms with Crippen LogP contribution < -0.4 is 21.2 Å². The van der Waals surface area contributed by atoms with Crippen LogP contribution in [0.2, 0.25) is 0 Å². The molecule has 1 saturated heterocycles. The Morgan fingerprint density at radius 2 is 2.30 bits per heavy atom. The van der Waals surface area contributed by atoms with Gasteiger partial charge in [-0.3, -0.25) is 14.0 Å². The van der Waals surface area contributed by atoms with Crippen molar-refractivity contribution in [1.82, 2.24) is 14.7 Å². The number of hydrogen-bond donors (Lipinski definition) is 2. The lowest BCUT2D eigenvalue weighted by atomic mass is 10.1. The van der Waals surface area contributed by atoms with Crippen LogP contribution in [0, 0.1) is 6.92 Å². The van der Waals surface area contributed by atoms with Crippen molar-refractivity contribution in [2.45, 2.75) is 32.4 Å². The SMILES string of the molecule is COCC[n+]1c(N)c(C(=O)NC[C@H]2CCCO2)cc2c(=O)n3cc(C)ccc3nc21. The first-order valence-corrected chi connectivity index (χ1v) is 10.0. The Morgan fingerprint density at radius 1 is 1.47 bits per heavy atom. The summed E-state index contributed by atoms with van der Waals surface area (Å²) in [6.07, 6.45) is 3.65. The third-order valence-corrected chi connectivity index (χ3v) is 5.37. The minimum absolute atomic E-state index is 0.00968. The molecule has 1 amide bonds. The fraction of sp³-hybridized carbons (Fsp3) is 0.429. The number of fused-ring (bicyclic) bond motifs is 2. The fourth-order valence-electron chi connectivity index (χ4n) is 3.75. The van der Waals surface area contributed by atoms with Gasteiger partial charge in [-0.05, 0) is 37.5 Å². The molecule has 4 rings (SSSR count). The lowest BCUT2D eigenvalue weighted by molar-refractivity contribution is -0.660. The van der Waals surface area contributed by atoms with Crippen LogP contribution in [0.15, 0.2) is 29.2 Å². The maximum atomic E-state index is 13.2. The molecule has 3 N–H and O–H groups in total. The lowest BCUT2D eigenvalue weighted by Crippen LogP contribution is -2.44. The van der Waals surface area contributed by atoms with E-state index in [2.05, 4.69) is 10.3 Å². The predicted molar refractivity (Wildman–Crippen MR) is 111 cm³/mol. The first-order chi connectivity index (χ1) is 14.5. The zero-order chi connectivity index (χ0) is 21.3. The molecule has 0 saturated carbocycles. The normalized spacial score (nSPS) is 16.4. The minimum atomic E-state index is -0.343. The number of nitrogen functional groups attached to an aromatic ring is 1. The Kier molecular flexibility index (Phi) is 5.65. The van der Waals surface area contributed by atoms with E-state index in [9.17, 15) is 9.59 Å². The van der Waals surface area contributed by atoms with Crippen molar-refractivity contribution in [2.75, 3.05) is 32.6 Å². The third kappa shape index (κ3) is 3.73. The molecule has 1 aliphatic heterocycles. The van der Waals surface area contributed by atoms with Crippen LogP contribution in [0.5, 0.6) is 0 Å². The molecule has 4 heterocycles. The molecule has 0 radical (unpaired) electrons. The van der Waals surface area contributed by atoms with Gasteiger partial charge in [0, 0.05) is 26.5 Å². The molecular weight excluding hydrogens is 386 g/mol. The predicted octanol–water partition coefficient (Wildman–Crippen LogP) is 0.581. The van der Waals surface area contributed by atoms with Crippen LogP contribution in [0.1, 0.15) is 28.8 Å². The summed E-state index contributed by atoms with van der Waals surface area (Å²) < 4.78 is 13.9. The Balaban J connectivity index is 1.84. The summed E-state index contributed by atoms with van der Waals surface area (Å²) in [4.78, 5) is 30.7. The second kappa shape index (κ2) is 8.37. The number of anilines is 1. The summed E-state index contributed by atoms with van der Waals surface area (Å²) in [6, 6.07) is 5.21. The second-order valence-corrected chi connectivity index (χ2v) is 7.52. The second-order valence-electron chi connectivity index (χ2n) is 7.52. The number of carbonyl (C=O) groups is 1. The topological polar surface area (TPSA) is 112 Å². The van der Waals surface area contributed by atoms with Gasteiger partial charge < -0.3 is 20.5 Å². The van der Waals surface area contributed by atoms with Gasteiger partial charge in [-0.2, -0.15) is 0 Å². The molecule has 3 aromatic rings. The van der Waals surface area contributed by atoms with E-state index in [0.29, 0.717) is 43.0 Å². The van der Waals surface area contributed by atoms with E-state index in [1.807, 2.05) is 13.0 Å². The summed E-state index contributed by atoms with van der Waals surface area (Å²) >= 11 is 0. The van der Waals surface area contributed by atoms with Crippen LogP contribution in [-0.4, -0.2) is 48.3 Å². The molecule has 0 spiro atoms. The number of aryl methyl sites for hydroxylation is 1. The molecule has 3 aromatic heterocycles. The molecular formula is C21H26N5O4+. The molecule has 0 bridgehead atoms. The molecule has 0 aromatic carbocycles. The molecule has 1 aliphatic rings. The average Bonchev–Trinajstić information content (AvgIpc) is 3.26. The Bertz CT molecular complexity index is 1170. The van der Waals surface area contributed by atoms with Crippen molar-refractivity contribution >= 4 is 28.4 Å². The number of nitrogens with one attached hydrogen (secondary N) is 1. The number of nitrogens with two attached hydrogens (primary N) is 1. The molecule has 9 nitrogen and oxygen atoms in total. The number of methoxy groups -OCH3 is 1.